The van der Waals surface area contributed by atoms with Crippen LogP contribution < -0.4 is 10.1 Å². The van der Waals surface area contributed by atoms with E-state index < -0.39 is 95.1 Å². The first-order chi connectivity index (χ1) is 23.0. The molecule has 13 N–H and O–H groups in total. The van der Waals surface area contributed by atoms with Crippen LogP contribution in [0.15, 0.2) is 36.4 Å². The Morgan fingerprint density at radius 1 is 0.820 bits per heavy atom. The summed E-state index contributed by atoms with van der Waals surface area (Å²) in [6.07, 6.45) is 0. The average molecular weight is 720 g/mol. The molecule has 0 saturated carbocycles. The smallest absolute Gasteiger partial charge is 0.356 e. The van der Waals surface area contributed by atoms with Crippen LogP contribution in [0.1, 0.15) is 54.7 Å². The Balaban J connectivity index is 0.00000163. The van der Waals surface area contributed by atoms with Crippen LogP contribution in [0.25, 0.3) is 0 Å². The van der Waals surface area contributed by atoms with Crippen molar-refractivity contribution < 1.29 is 89.5 Å². The number of benzene rings is 2. The van der Waals surface area contributed by atoms with Crippen molar-refractivity contribution in [2.24, 2.45) is 0 Å². The molecule has 1 unspecified atom stereocenters. The molecule has 20 nitrogen and oxygen atoms in total. The van der Waals surface area contributed by atoms with Gasteiger partial charge in [-0.3, -0.25) is 24.4 Å². The molecule has 278 valence electrons. The van der Waals surface area contributed by atoms with Gasteiger partial charge in [-0.25, -0.2) is 4.39 Å². The van der Waals surface area contributed by atoms with E-state index in [0.717, 1.165) is 12.1 Å². The lowest BCUT2D eigenvalue weighted by molar-refractivity contribution is -0.659. The van der Waals surface area contributed by atoms with Crippen molar-refractivity contribution in [2.45, 2.75) is 88.8 Å². The first-order valence-electron chi connectivity index (χ1n) is 14.8. The third-order valence-corrected chi connectivity index (χ3v) is 7.74. The third kappa shape index (κ3) is 6.33. The molecule has 2 aromatic carbocycles. The van der Waals surface area contributed by atoms with Crippen LogP contribution in [0, 0.1) is 5.82 Å². The number of aliphatic hydroxyl groups is 12. The highest BCUT2D eigenvalue weighted by atomic mass is 19.1. The Labute approximate surface area is 281 Å². The number of carbonyl (C=O) groups is 3. The number of nitrogens with one attached hydrogen (secondary N) is 1. The zero-order valence-corrected chi connectivity index (χ0v) is 26.8. The molecule has 0 aliphatic carbocycles. The molecule has 0 radical (unpaired) electrons. The van der Waals surface area contributed by atoms with Crippen LogP contribution in [0.2, 0.25) is 0 Å². The SMILES string of the molecule is CC.CC.O=C1NC(=O)C(O)(O)C(O)(O)C1N1Cc2c(OCc3cccc(CN4C(O)(O)C(O)(O)OC(O)(O)C4(O)O)c3F)cccc2C1=O. The van der Waals surface area contributed by atoms with E-state index in [0.29, 0.717) is 4.90 Å². The predicted octanol–water partition coefficient (Wildman–Crippen LogP) is -4.81. The van der Waals surface area contributed by atoms with Crippen molar-refractivity contribution in [3.63, 3.8) is 0 Å². The Bertz CT molecular complexity index is 1600. The molecule has 3 heterocycles. The number of amides is 3. The summed E-state index contributed by atoms with van der Waals surface area (Å²) in [5, 5.41) is 122. The van der Waals surface area contributed by atoms with E-state index in [1.54, 1.807) is 0 Å². The molecule has 3 aliphatic rings. The fourth-order valence-electron chi connectivity index (χ4n) is 5.15. The quantitative estimate of drug-likeness (QED) is 0.0983. The summed E-state index contributed by atoms with van der Waals surface area (Å²) in [6, 6.07) is 4.73. The summed E-state index contributed by atoms with van der Waals surface area (Å²) in [6.45, 7) is 5.40. The molecule has 21 heteroatoms. The number of ether oxygens (including phenoxy) is 2. The largest absolute Gasteiger partial charge is 0.488 e. The minimum absolute atomic E-state index is 0.0134. The fraction of sp³-hybridized carbons (Fsp3) is 0.483. The van der Waals surface area contributed by atoms with Gasteiger partial charge in [0.1, 0.15) is 18.2 Å². The average Bonchev–Trinajstić information content (AvgIpc) is 3.35. The van der Waals surface area contributed by atoms with Crippen molar-refractivity contribution in [2.75, 3.05) is 0 Å². The predicted molar refractivity (Wildman–Crippen MR) is 156 cm³/mol. The van der Waals surface area contributed by atoms with Crippen molar-refractivity contribution in [3.8, 4) is 5.75 Å². The summed E-state index contributed by atoms with van der Waals surface area (Å²) in [5.41, 5.74) is -1.07. The summed E-state index contributed by atoms with van der Waals surface area (Å²) in [5.74, 6) is -30.3. The van der Waals surface area contributed by atoms with Gasteiger partial charge >= 0.3 is 29.6 Å². The van der Waals surface area contributed by atoms with Crippen LogP contribution in [0.3, 0.4) is 0 Å². The minimum atomic E-state index is -4.25. The van der Waals surface area contributed by atoms with E-state index in [9.17, 15) is 75.7 Å². The third-order valence-electron chi connectivity index (χ3n) is 7.74. The number of hydrogen-bond donors (Lipinski definition) is 13. The fourth-order valence-corrected chi connectivity index (χ4v) is 5.15. The van der Waals surface area contributed by atoms with E-state index in [1.165, 1.54) is 29.6 Å². The van der Waals surface area contributed by atoms with Crippen LogP contribution in [0.4, 0.5) is 4.39 Å². The lowest BCUT2D eigenvalue weighted by Crippen LogP contribution is -2.83. The number of morpholine rings is 1. The van der Waals surface area contributed by atoms with E-state index in [2.05, 4.69) is 4.74 Å². The number of piperidine rings is 1. The summed E-state index contributed by atoms with van der Waals surface area (Å²) in [4.78, 5) is 37.4. The van der Waals surface area contributed by atoms with E-state index in [1.807, 2.05) is 27.7 Å². The van der Waals surface area contributed by atoms with E-state index in [4.69, 9.17) is 4.74 Å². The van der Waals surface area contributed by atoms with Gasteiger partial charge in [0.25, 0.3) is 23.5 Å². The van der Waals surface area contributed by atoms with Crippen molar-refractivity contribution >= 4 is 17.7 Å². The van der Waals surface area contributed by atoms with Crippen LogP contribution >= 0.6 is 0 Å². The molecule has 2 fully saturated rings. The van der Waals surface area contributed by atoms with Crippen LogP contribution in [-0.4, -0.2) is 130 Å². The number of fused-ring (bicyclic) bond motifs is 1. The number of hydrogen-bond acceptors (Lipinski definition) is 18. The van der Waals surface area contributed by atoms with Crippen LogP contribution in [-0.2, 0) is 34.0 Å². The lowest BCUT2D eigenvalue weighted by Gasteiger charge is -2.55. The Morgan fingerprint density at radius 2 is 1.34 bits per heavy atom. The zero-order valence-electron chi connectivity index (χ0n) is 26.8. The van der Waals surface area contributed by atoms with Crippen LogP contribution in [0.5, 0.6) is 5.75 Å². The molecule has 3 aliphatic heterocycles. The summed E-state index contributed by atoms with van der Waals surface area (Å²) < 4.78 is 25.0. The highest BCUT2D eigenvalue weighted by molar-refractivity contribution is 6.08. The number of halogens is 1. The van der Waals surface area contributed by atoms with E-state index in [-0.39, 0.29) is 22.4 Å². The molecule has 0 spiro atoms. The number of nitrogens with zero attached hydrogens (tertiary/aromatic N) is 2. The summed E-state index contributed by atoms with van der Waals surface area (Å²) >= 11 is 0. The molecule has 5 rings (SSSR count). The topological polar surface area (TPSA) is 331 Å². The van der Waals surface area contributed by atoms with Gasteiger partial charge in [0.05, 0.1) is 6.54 Å². The normalized spacial score (nSPS) is 23.8. The molecular weight excluding hydrogens is 681 g/mol. The second kappa shape index (κ2) is 13.7. The maximum atomic E-state index is 15.5. The maximum absolute atomic E-state index is 15.5. The molecule has 0 bridgehead atoms. The van der Waals surface area contributed by atoms with Gasteiger partial charge in [-0.2, -0.15) is 4.90 Å². The highest BCUT2D eigenvalue weighted by Gasteiger charge is 2.74. The Morgan fingerprint density at radius 3 is 1.90 bits per heavy atom. The van der Waals surface area contributed by atoms with Gasteiger partial charge in [0.2, 0.25) is 0 Å². The van der Waals surface area contributed by atoms with E-state index >= 15 is 4.39 Å². The highest BCUT2D eigenvalue weighted by Crippen LogP contribution is 2.43. The lowest BCUT2D eigenvalue weighted by atomic mass is 9.90. The molecule has 0 aromatic heterocycles. The van der Waals surface area contributed by atoms with Gasteiger partial charge in [-0.15, -0.1) is 0 Å². The number of carbonyl (C=O) groups excluding carboxylic acids is 3. The number of imide groups is 1. The molecule has 1 atom stereocenters. The molecule has 2 aromatic rings. The van der Waals surface area contributed by atoms with Gasteiger partial charge in [-0.1, -0.05) is 52.0 Å². The van der Waals surface area contributed by atoms with Gasteiger partial charge < -0.3 is 70.9 Å². The number of rotatable bonds is 6. The summed E-state index contributed by atoms with van der Waals surface area (Å²) in [7, 11) is 0. The Kier molecular flexibility index (Phi) is 11.2. The van der Waals surface area contributed by atoms with Crippen molar-refractivity contribution in [1.82, 2.24) is 15.1 Å². The molecule has 3 amide bonds. The monoisotopic (exact) mass is 719 g/mol. The molecular formula is C29H38FN3O17. The van der Waals surface area contributed by atoms with Crippen molar-refractivity contribution in [1.29, 1.82) is 0 Å². The van der Waals surface area contributed by atoms with Crippen molar-refractivity contribution in [3.05, 3.63) is 64.5 Å². The first-order valence-corrected chi connectivity index (χ1v) is 14.8. The molecule has 50 heavy (non-hydrogen) atoms. The standard InChI is InChI=1S/C25H26FN3O17.2C2H6/c26-15-10(7-29-22(37,38)24(41,42)46-25(43,44)23(29,39)40)3-1-4-11(15)9-45-14-6-2-5-12-13(14)8-28(18(12)31)16-17(30)27-19(32)21(35,36)20(16,33)34;2*1-2/h1-6,16,33-44H,7-9H2,(H,27,30,32);2*1-2H3. The minimum Gasteiger partial charge on any atom is -0.488 e. The van der Waals surface area contributed by atoms with Gasteiger partial charge in [-0.05, 0) is 12.1 Å². The molecule has 2 saturated heterocycles. The van der Waals surface area contributed by atoms with Gasteiger partial charge in [0, 0.05) is 28.8 Å². The van der Waals surface area contributed by atoms with Gasteiger partial charge in [0.15, 0.2) is 6.04 Å². The maximum Gasteiger partial charge on any atom is 0.356 e. The first kappa shape index (κ1) is 40.6. The second-order valence-corrected chi connectivity index (χ2v) is 10.7. The zero-order chi connectivity index (χ0) is 38.4. The second-order valence-electron chi connectivity index (χ2n) is 10.7. The Hall–Kier alpha value is -3.78.